The molecule has 2 aromatic heterocycles. The molecule has 2 N–H and O–H groups in total. The Kier molecular flexibility index (Phi) is 8.14. The first kappa shape index (κ1) is 25.4. The summed E-state index contributed by atoms with van der Waals surface area (Å²) < 4.78 is 6.34. The topological polar surface area (TPSA) is 114 Å². The van der Waals surface area contributed by atoms with Gasteiger partial charge in [0.15, 0.2) is 0 Å². The first-order valence-corrected chi connectivity index (χ1v) is 11.9. The largest absolute Gasteiger partial charge is 0.366 e. The maximum Gasteiger partial charge on any atom is 0.250 e. The number of carbonyl (C=O) groups excluding carboxylic acids is 1. The van der Waals surface area contributed by atoms with Gasteiger partial charge in [0.1, 0.15) is 6.10 Å². The van der Waals surface area contributed by atoms with E-state index in [4.69, 9.17) is 10.5 Å². The first-order valence-electron chi connectivity index (χ1n) is 11.9. The van der Waals surface area contributed by atoms with Crippen molar-refractivity contribution < 1.29 is 9.53 Å². The van der Waals surface area contributed by atoms with Gasteiger partial charge in [-0.3, -0.25) is 19.8 Å². The van der Waals surface area contributed by atoms with Crippen molar-refractivity contribution in [2.45, 2.75) is 33.0 Å². The molecule has 0 fully saturated rings. The molecular formula is C30H27N5O2. The van der Waals surface area contributed by atoms with Crippen LogP contribution in [0.5, 0.6) is 0 Å². The fourth-order valence-corrected chi connectivity index (χ4v) is 4.03. The Balaban J connectivity index is 1.75. The molecule has 0 radical (unpaired) electrons. The van der Waals surface area contributed by atoms with Gasteiger partial charge in [0.25, 0.3) is 0 Å². The molecule has 37 heavy (non-hydrogen) atoms. The molecule has 0 saturated heterocycles. The Labute approximate surface area is 216 Å². The lowest BCUT2D eigenvalue weighted by Gasteiger charge is -2.20. The summed E-state index contributed by atoms with van der Waals surface area (Å²) in [5.74, 6) is -0.529. The van der Waals surface area contributed by atoms with Crippen molar-refractivity contribution in [3.63, 3.8) is 0 Å². The second kappa shape index (κ2) is 11.8. The summed E-state index contributed by atoms with van der Waals surface area (Å²) in [5, 5.41) is 10.9. The van der Waals surface area contributed by atoms with E-state index in [0.29, 0.717) is 16.8 Å². The lowest BCUT2D eigenvalue weighted by molar-refractivity contribution is 0.0618. The van der Waals surface area contributed by atoms with Crippen LogP contribution in [0.1, 0.15) is 53.6 Å². The van der Waals surface area contributed by atoms with E-state index in [2.05, 4.69) is 21.0 Å². The fourth-order valence-electron chi connectivity index (χ4n) is 4.03. The highest BCUT2D eigenvalue weighted by Crippen LogP contribution is 2.34. The molecule has 2 heterocycles. The smallest absolute Gasteiger partial charge is 0.250 e. The Morgan fingerprint density at radius 3 is 2.70 bits per heavy atom. The molecule has 184 valence electrons. The van der Waals surface area contributed by atoms with Gasteiger partial charge in [0, 0.05) is 41.3 Å². The standard InChI is InChI=1S/C30H27N5O2/c1-3-13-33-17-20(2)29(37-19-25-12-11-24(18-35-25)30(32)36)22-9-10-23(16-31)27(15-22)26-8-4-6-21-7-5-14-34-28(21)26/h4-15,17-18,29H,3,19H2,1-2H3,(H2,32,36)/b20-17+,33-13?. The molecule has 0 spiro atoms. The average molecular weight is 490 g/mol. The summed E-state index contributed by atoms with van der Waals surface area (Å²) in [7, 11) is 0. The normalized spacial score (nSPS) is 12.5. The number of benzene rings is 2. The molecule has 1 atom stereocenters. The Hall–Kier alpha value is -4.67. The first-order chi connectivity index (χ1) is 18.0. The van der Waals surface area contributed by atoms with E-state index in [1.54, 1.807) is 24.5 Å². The molecule has 4 aromatic rings. The maximum absolute atomic E-state index is 11.4. The van der Waals surface area contributed by atoms with E-state index in [9.17, 15) is 10.1 Å². The van der Waals surface area contributed by atoms with Gasteiger partial charge in [-0.2, -0.15) is 5.26 Å². The van der Waals surface area contributed by atoms with Gasteiger partial charge in [-0.15, -0.1) is 0 Å². The second-order valence-corrected chi connectivity index (χ2v) is 8.50. The zero-order valence-electron chi connectivity index (χ0n) is 20.8. The zero-order valence-corrected chi connectivity index (χ0v) is 20.8. The fraction of sp³-hybridized carbons (Fsp3) is 0.167. The van der Waals surface area contributed by atoms with Crippen molar-refractivity contribution in [1.29, 1.82) is 5.26 Å². The third-order valence-electron chi connectivity index (χ3n) is 5.88. The highest BCUT2D eigenvalue weighted by molar-refractivity contribution is 5.95. The SMILES string of the molecule is CCC=N/C=C(\C)C(OCc1ccc(C(N)=O)cn1)c1ccc(C#N)c(-c2cccc3cccnc23)c1. The van der Waals surface area contributed by atoms with Crippen molar-refractivity contribution in [3.8, 4) is 17.2 Å². The van der Waals surface area contributed by atoms with Crippen molar-refractivity contribution in [3.05, 3.63) is 107 Å². The highest BCUT2D eigenvalue weighted by Gasteiger charge is 2.19. The van der Waals surface area contributed by atoms with Crippen LogP contribution < -0.4 is 5.73 Å². The van der Waals surface area contributed by atoms with Gasteiger partial charge in [-0.05, 0) is 54.8 Å². The van der Waals surface area contributed by atoms with Gasteiger partial charge in [0.05, 0.1) is 35.0 Å². The lowest BCUT2D eigenvalue weighted by Crippen LogP contribution is -2.12. The lowest BCUT2D eigenvalue weighted by atomic mass is 9.93. The Bertz CT molecular complexity index is 1510. The van der Waals surface area contributed by atoms with Crippen LogP contribution in [0.2, 0.25) is 0 Å². The number of nitrogens with two attached hydrogens (primary N) is 1. The summed E-state index contributed by atoms with van der Waals surface area (Å²) >= 11 is 0. The molecule has 0 bridgehead atoms. The van der Waals surface area contributed by atoms with Crippen LogP contribution in [0, 0.1) is 11.3 Å². The van der Waals surface area contributed by atoms with Crippen molar-refractivity contribution in [2.75, 3.05) is 0 Å². The molecule has 1 amide bonds. The third-order valence-corrected chi connectivity index (χ3v) is 5.88. The molecule has 0 saturated carbocycles. The number of carbonyl (C=O) groups is 1. The second-order valence-electron chi connectivity index (χ2n) is 8.50. The Morgan fingerprint density at radius 2 is 1.97 bits per heavy atom. The number of primary amides is 1. The zero-order chi connectivity index (χ0) is 26.2. The predicted octanol–water partition coefficient (Wildman–Crippen LogP) is 5.91. The Morgan fingerprint density at radius 1 is 1.14 bits per heavy atom. The number of ether oxygens (including phenoxy) is 1. The minimum atomic E-state index is -0.529. The van der Waals surface area contributed by atoms with Crippen LogP contribution in [-0.4, -0.2) is 22.1 Å². The maximum atomic E-state index is 11.4. The minimum Gasteiger partial charge on any atom is -0.366 e. The van der Waals surface area contributed by atoms with Gasteiger partial charge in [-0.1, -0.05) is 37.3 Å². The monoisotopic (exact) mass is 489 g/mol. The summed E-state index contributed by atoms with van der Waals surface area (Å²) in [5.41, 5.74) is 11.1. The van der Waals surface area contributed by atoms with Crippen LogP contribution in [0.3, 0.4) is 0 Å². The van der Waals surface area contributed by atoms with E-state index in [1.165, 1.54) is 6.20 Å². The molecule has 1 unspecified atom stereocenters. The van der Waals surface area contributed by atoms with Crippen molar-refractivity contribution in [2.24, 2.45) is 10.7 Å². The average Bonchev–Trinajstić information content (AvgIpc) is 2.93. The van der Waals surface area contributed by atoms with Gasteiger partial charge in [-0.25, -0.2) is 0 Å². The van der Waals surface area contributed by atoms with Crippen LogP contribution in [0.25, 0.3) is 22.0 Å². The van der Waals surface area contributed by atoms with Gasteiger partial charge < -0.3 is 10.5 Å². The minimum absolute atomic E-state index is 0.206. The van der Waals surface area contributed by atoms with Crippen LogP contribution in [0.15, 0.2) is 89.8 Å². The predicted molar refractivity (Wildman–Crippen MR) is 145 cm³/mol. The molecule has 7 nitrogen and oxygen atoms in total. The number of fused-ring (bicyclic) bond motifs is 1. The summed E-state index contributed by atoms with van der Waals surface area (Å²) in [6.45, 7) is 4.18. The van der Waals surface area contributed by atoms with Gasteiger partial charge >= 0.3 is 0 Å². The molecule has 4 rings (SSSR count). The van der Waals surface area contributed by atoms with Gasteiger partial charge in [0.2, 0.25) is 5.91 Å². The van der Waals surface area contributed by atoms with E-state index in [1.807, 2.05) is 68.6 Å². The summed E-state index contributed by atoms with van der Waals surface area (Å²) in [4.78, 5) is 24.6. The number of para-hydroxylation sites is 1. The van der Waals surface area contributed by atoms with E-state index in [0.717, 1.165) is 39.6 Å². The quantitative estimate of drug-likeness (QED) is 0.294. The van der Waals surface area contributed by atoms with Crippen molar-refractivity contribution in [1.82, 2.24) is 9.97 Å². The number of aromatic nitrogens is 2. The summed E-state index contributed by atoms with van der Waals surface area (Å²) in [6.07, 6.45) is 7.19. The molecule has 0 aliphatic rings. The number of nitriles is 1. The molecular weight excluding hydrogens is 462 g/mol. The number of pyridine rings is 2. The number of hydrogen-bond donors (Lipinski definition) is 1. The molecule has 0 aliphatic heterocycles. The number of rotatable bonds is 9. The van der Waals surface area contributed by atoms with E-state index in [-0.39, 0.29) is 6.61 Å². The highest BCUT2D eigenvalue weighted by atomic mass is 16.5. The van der Waals surface area contributed by atoms with E-state index >= 15 is 0 Å². The van der Waals surface area contributed by atoms with E-state index < -0.39 is 12.0 Å². The number of hydrogen-bond acceptors (Lipinski definition) is 6. The van der Waals surface area contributed by atoms with Crippen molar-refractivity contribution >= 4 is 23.0 Å². The van der Waals surface area contributed by atoms with Crippen LogP contribution in [-0.2, 0) is 11.3 Å². The third kappa shape index (κ3) is 5.95. The van der Waals surface area contributed by atoms with Crippen LogP contribution >= 0.6 is 0 Å². The number of amides is 1. The number of aliphatic imine (C=N–C) groups is 1. The van der Waals surface area contributed by atoms with Crippen LogP contribution in [0.4, 0.5) is 0 Å². The summed E-state index contributed by atoms with van der Waals surface area (Å²) in [6, 6.07) is 21.2. The molecule has 2 aromatic carbocycles. The molecule has 0 aliphatic carbocycles. The molecule has 7 heteroatoms. The number of nitrogens with zero attached hydrogens (tertiary/aromatic N) is 4.